The first-order chi connectivity index (χ1) is 15.5. The topological polar surface area (TPSA) is 106 Å². The van der Waals surface area contributed by atoms with Gasteiger partial charge in [-0.3, -0.25) is 4.79 Å². The van der Waals surface area contributed by atoms with E-state index in [1.54, 1.807) is 12.1 Å². The van der Waals surface area contributed by atoms with Crippen molar-refractivity contribution in [3.05, 3.63) is 52.0 Å². The fraction of sp³-hybridized carbons (Fsp3) is 0.286. The second kappa shape index (κ2) is 12.0. The highest BCUT2D eigenvalue weighted by molar-refractivity contribution is 9.10. The quantitative estimate of drug-likeness (QED) is 0.345. The molecule has 0 unspecified atom stereocenters. The molecule has 11 heteroatoms. The molecule has 1 fully saturated rings. The van der Waals surface area contributed by atoms with E-state index >= 15 is 0 Å². The predicted molar refractivity (Wildman–Crippen MR) is 129 cm³/mol. The van der Waals surface area contributed by atoms with Crippen LogP contribution in [0.3, 0.4) is 0 Å². The number of amides is 1. The zero-order chi connectivity index (χ0) is 22.9. The number of halogens is 1. The van der Waals surface area contributed by atoms with E-state index in [9.17, 15) is 9.59 Å². The molecule has 3 rings (SSSR count). The molecule has 1 heterocycles. The number of carbonyl (C=O) groups is 2. The molecule has 1 amide bonds. The fourth-order valence-corrected chi connectivity index (χ4v) is 6.15. The van der Waals surface area contributed by atoms with Crippen molar-refractivity contribution in [2.45, 2.75) is 4.58 Å². The van der Waals surface area contributed by atoms with Gasteiger partial charge in [0.05, 0.1) is 22.4 Å². The molecule has 2 aromatic rings. The highest BCUT2D eigenvalue weighted by atomic mass is 79.9. The fourth-order valence-electron chi connectivity index (χ4n) is 2.72. The van der Waals surface area contributed by atoms with Crippen molar-refractivity contribution in [1.82, 2.24) is 5.43 Å². The number of carboxylic acids is 1. The summed E-state index contributed by atoms with van der Waals surface area (Å²) < 4.78 is 16.9. The van der Waals surface area contributed by atoms with Gasteiger partial charge in [-0.25, -0.2) is 10.2 Å². The Kier molecular flexibility index (Phi) is 9.12. The summed E-state index contributed by atoms with van der Waals surface area (Å²) in [6.45, 7) is -0.668. The first-order valence-corrected chi connectivity index (χ1v) is 12.4. The maximum atomic E-state index is 12.0. The average Bonchev–Trinajstić information content (AvgIpc) is 3.32. The Labute approximate surface area is 202 Å². The molecule has 2 N–H and O–H groups in total. The number of benzene rings is 2. The van der Waals surface area contributed by atoms with Crippen LogP contribution in [0.4, 0.5) is 0 Å². The van der Waals surface area contributed by atoms with E-state index in [1.807, 2.05) is 47.8 Å². The summed E-state index contributed by atoms with van der Waals surface area (Å²) in [5.41, 5.74) is 4.26. The van der Waals surface area contributed by atoms with Crippen LogP contribution in [0, 0.1) is 0 Å². The minimum Gasteiger partial charge on any atom is -0.493 e. The smallest absolute Gasteiger partial charge is 0.341 e. The first-order valence-electron chi connectivity index (χ1n) is 9.46. The molecule has 0 aliphatic carbocycles. The number of nitrogens with zero attached hydrogens (tertiary/aromatic N) is 1. The van der Waals surface area contributed by atoms with Gasteiger partial charge in [0, 0.05) is 11.5 Å². The molecule has 8 nitrogen and oxygen atoms in total. The van der Waals surface area contributed by atoms with Crippen molar-refractivity contribution < 1.29 is 28.9 Å². The minimum absolute atomic E-state index is 0.168. The average molecular weight is 541 g/mol. The zero-order valence-electron chi connectivity index (χ0n) is 17.1. The van der Waals surface area contributed by atoms with E-state index in [2.05, 4.69) is 26.5 Å². The Hall–Kier alpha value is -2.37. The van der Waals surface area contributed by atoms with E-state index in [0.29, 0.717) is 26.1 Å². The number of thioether (sulfide) groups is 2. The Morgan fingerprint density at radius 2 is 1.91 bits per heavy atom. The van der Waals surface area contributed by atoms with E-state index in [1.165, 1.54) is 30.4 Å². The summed E-state index contributed by atoms with van der Waals surface area (Å²) in [5, 5.41) is 12.7. The van der Waals surface area contributed by atoms with Crippen molar-refractivity contribution in [1.29, 1.82) is 0 Å². The van der Waals surface area contributed by atoms with Gasteiger partial charge in [0.25, 0.3) is 5.91 Å². The predicted octanol–water partition coefficient (Wildman–Crippen LogP) is 3.93. The summed E-state index contributed by atoms with van der Waals surface area (Å²) in [7, 11) is 1.44. The highest BCUT2D eigenvalue weighted by Crippen LogP contribution is 2.45. The van der Waals surface area contributed by atoms with Crippen LogP contribution >= 0.6 is 39.5 Å². The van der Waals surface area contributed by atoms with Crippen molar-refractivity contribution in [3.8, 4) is 17.2 Å². The number of hydrogen-bond donors (Lipinski definition) is 2. The lowest BCUT2D eigenvalue weighted by Gasteiger charge is -2.12. The lowest BCUT2D eigenvalue weighted by Crippen LogP contribution is -2.24. The molecule has 0 atom stereocenters. The molecule has 2 aromatic carbocycles. The van der Waals surface area contributed by atoms with Crippen LogP contribution in [-0.2, 0) is 9.59 Å². The molecule has 1 saturated heterocycles. The molecule has 0 aromatic heterocycles. The normalized spacial score (nSPS) is 13.8. The number of methoxy groups -OCH3 is 1. The number of hydrazone groups is 1. The summed E-state index contributed by atoms with van der Waals surface area (Å²) in [6.07, 6.45) is 1.43. The number of hydrogen-bond acceptors (Lipinski definition) is 8. The standard InChI is InChI=1S/C21H21BrN2O6S2/c1-28-17-9-13(8-16(22)20(17)30-12-19(26)27)10-23-24-18(25)11-29-15-4-2-14(3-5-15)21-31-6-7-32-21/h2-5,8-10,21H,6-7,11-12H2,1H3,(H,24,25)(H,26,27)/b23-10-. The van der Waals surface area contributed by atoms with Crippen molar-refractivity contribution >= 4 is 57.5 Å². The van der Waals surface area contributed by atoms with Gasteiger partial charge in [0.2, 0.25) is 0 Å². The third-order valence-electron chi connectivity index (χ3n) is 4.14. The number of nitrogens with one attached hydrogen (secondary N) is 1. The van der Waals surface area contributed by atoms with Gasteiger partial charge in [-0.05, 0) is 51.3 Å². The van der Waals surface area contributed by atoms with Crippen LogP contribution in [0.5, 0.6) is 17.2 Å². The number of carbonyl (C=O) groups excluding carboxylic acids is 1. The maximum absolute atomic E-state index is 12.0. The van der Waals surface area contributed by atoms with E-state index < -0.39 is 18.5 Å². The molecule has 0 bridgehead atoms. The minimum atomic E-state index is -1.10. The van der Waals surface area contributed by atoms with Gasteiger partial charge >= 0.3 is 5.97 Å². The molecule has 1 aliphatic rings. The number of rotatable bonds is 10. The van der Waals surface area contributed by atoms with Crippen LogP contribution in [0.15, 0.2) is 46.0 Å². The maximum Gasteiger partial charge on any atom is 0.341 e. The van der Waals surface area contributed by atoms with Gasteiger partial charge in [0.15, 0.2) is 24.7 Å². The largest absolute Gasteiger partial charge is 0.493 e. The highest BCUT2D eigenvalue weighted by Gasteiger charge is 2.18. The summed E-state index contributed by atoms with van der Waals surface area (Å²) in [6, 6.07) is 11.0. The Bertz CT molecular complexity index is 981. The molecule has 0 spiro atoms. The molecular formula is C21H21BrN2O6S2. The van der Waals surface area contributed by atoms with Gasteiger partial charge in [-0.2, -0.15) is 5.10 Å². The van der Waals surface area contributed by atoms with Crippen molar-refractivity contribution in [2.75, 3.05) is 31.8 Å². The SMILES string of the molecule is COc1cc(/C=N\NC(=O)COc2ccc(C3SCCS3)cc2)cc(Br)c1OCC(=O)O. The second-order valence-electron chi connectivity index (χ2n) is 6.44. The van der Waals surface area contributed by atoms with Crippen LogP contribution < -0.4 is 19.6 Å². The third kappa shape index (κ3) is 7.07. The second-order valence-corrected chi connectivity index (χ2v) is 10.0. The Balaban J connectivity index is 1.50. The summed E-state index contributed by atoms with van der Waals surface area (Å²) >= 11 is 7.19. The van der Waals surface area contributed by atoms with E-state index in [-0.39, 0.29) is 12.4 Å². The molecule has 0 radical (unpaired) electrons. The van der Waals surface area contributed by atoms with E-state index in [4.69, 9.17) is 19.3 Å². The Morgan fingerprint density at radius 3 is 2.56 bits per heavy atom. The summed E-state index contributed by atoms with van der Waals surface area (Å²) in [4.78, 5) is 22.7. The lowest BCUT2D eigenvalue weighted by molar-refractivity contribution is -0.139. The number of aliphatic carboxylic acids is 1. The number of carboxylic acid groups (broad SMARTS) is 1. The first kappa shape index (κ1) is 24.3. The number of ether oxygens (including phenoxy) is 3. The van der Waals surface area contributed by atoms with Crippen LogP contribution in [0.25, 0.3) is 0 Å². The van der Waals surface area contributed by atoms with Gasteiger partial charge in [-0.15, -0.1) is 23.5 Å². The Morgan fingerprint density at radius 1 is 1.19 bits per heavy atom. The van der Waals surface area contributed by atoms with Crippen LogP contribution in [0.1, 0.15) is 15.7 Å². The van der Waals surface area contributed by atoms with Gasteiger partial charge in [-0.1, -0.05) is 12.1 Å². The monoisotopic (exact) mass is 540 g/mol. The molecule has 32 heavy (non-hydrogen) atoms. The third-order valence-corrected chi connectivity index (χ3v) is 7.83. The van der Waals surface area contributed by atoms with Crippen LogP contribution in [-0.4, -0.2) is 55.0 Å². The van der Waals surface area contributed by atoms with Crippen molar-refractivity contribution in [3.63, 3.8) is 0 Å². The van der Waals surface area contributed by atoms with Gasteiger partial charge < -0.3 is 19.3 Å². The molecule has 1 aliphatic heterocycles. The molecular weight excluding hydrogens is 520 g/mol. The zero-order valence-corrected chi connectivity index (χ0v) is 20.3. The van der Waals surface area contributed by atoms with Crippen LogP contribution in [0.2, 0.25) is 0 Å². The van der Waals surface area contributed by atoms with Gasteiger partial charge in [0.1, 0.15) is 5.75 Å². The molecule has 170 valence electrons. The lowest BCUT2D eigenvalue weighted by atomic mass is 10.2. The van der Waals surface area contributed by atoms with E-state index in [0.717, 1.165) is 0 Å². The molecule has 0 saturated carbocycles. The summed E-state index contributed by atoms with van der Waals surface area (Å²) in [5.74, 6) is 2.04. The van der Waals surface area contributed by atoms with Crippen molar-refractivity contribution in [2.24, 2.45) is 5.10 Å².